The van der Waals surface area contributed by atoms with Gasteiger partial charge in [-0.15, -0.1) is 11.3 Å². The molecule has 3 nitrogen and oxygen atoms in total. The zero-order chi connectivity index (χ0) is 9.97. The van der Waals surface area contributed by atoms with Gasteiger partial charge in [0.25, 0.3) is 0 Å². The van der Waals surface area contributed by atoms with Gasteiger partial charge in [0.15, 0.2) is 0 Å². The molecule has 2 N–H and O–H groups in total. The molecule has 78 valence electrons. The average Bonchev–Trinajstić information content (AvgIpc) is 2.76. The van der Waals surface area contributed by atoms with E-state index in [-0.39, 0.29) is 6.10 Å². The van der Waals surface area contributed by atoms with Gasteiger partial charge in [0, 0.05) is 17.9 Å². The lowest BCUT2D eigenvalue weighted by molar-refractivity contribution is 0.111. The molecule has 1 saturated heterocycles. The molecule has 2 heterocycles. The van der Waals surface area contributed by atoms with Crippen LogP contribution < -0.4 is 5.73 Å². The largest absolute Gasteiger partial charge is 0.371 e. The van der Waals surface area contributed by atoms with Crippen LogP contribution in [0.3, 0.4) is 0 Å². The molecule has 14 heavy (non-hydrogen) atoms. The number of hydrogen-bond donors (Lipinski definition) is 1. The third-order valence-corrected chi connectivity index (χ3v) is 3.60. The van der Waals surface area contributed by atoms with Crippen molar-refractivity contribution in [2.75, 3.05) is 13.2 Å². The van der Waals surface area contributed by atoms with Crippen molar-refractivity contribution in [1.82, 2.24) is 4.98 Å². The molecule has 1 aliphatic heterocycles. The van der Waals surface area contributed by atoms with E-state index in [2.05, 4.69) is 11.9 Å². The van der Waals surface area contributed by atoms with Gasteiger partial charge in [-0.25, -0.2) is 4.98 Å². The van der Waals surface area contributed by atoms with Crippen LogP contribution in [-0.2, 0) is 11.2 Å². The van der Waals surface area contributed by atoms with Crippen LogP contribution in [-0.4, -0.2) is 18.1 Å². The van der Waals surface area contributed by atoms with Crippen molar-refractivity contribution in [3.63, 3.8) is 0 Å². The fourth-order valence-corrected chi connectivity index (χ4v) is 2.78. The zero-order valence-electron chi connectivity index (χ0n) is 8.45. The molecule has 2 rings (SSSR count). The first-order valence-electron chi connectivity index (χ1n) is 5.09. The number of rotatable bonds is 3. The van der Waals surface area contributed by atoms with Crippen molar-refractivity contribution in [3.05, 3.63) is 15.6 Å². The standard InChI is InChI=1S/C10H16N2OS/c1-7-8(4-5-11)12-10(14-7)9-3-2-6-13-9/h9H,2-6,11H2,1H3. The molecule has 0 saturated carbocycles. The van der Waals surface area contributed by atoms with Crippen LogP contribution in [0.2, 0.25) is 0 Å². The molecule has 0 amide bonds. The molecule has 1 aromatic heterocycles. The van der Waals surface area contributed by atoms with Crippen LogP contribution in [0.25, 0.3) is 0 Å². The van der Waals surface area contributed by atoms with Gasteiger partial charge in [-0.1, -0.05) is 0 Å². The lowest BCUT2D eigenvalue weighted by atomic mass is 10.2. The molecule has 0 aromatic carbocycles. The zero-order valence-corrected chi connectivity index (χ0v) is 9.27. The molecule has 0 bridgehead atoms. The Hall–Kier alpha value is -0.450. The summed E-state index contributed by atoms with van der Waals surface area (Å²) in [5, 5.41) is 1.14. The molecule has 0 aliphatic carbocycles. The maximum absolute atomic E-state index is 5.60. The van der Waals surface area contributed by atoms with E-state index in [1.54, 1.807) is 11.3 Å². The van der Waals surface area contributed by atoms with Crippen molar-refractivity contribution in [2.45, 2.75) is 32.3 Å². The summed E-state index contributed by atoms with van der Waals surface area (Å²) in [5.74, 6) is 0. The van der Waals surface area contributed by atoms with Gasteiger partial charge in [-0.3, -0.25) is 0 Å². The number of nitrogens with zero attached hydrogens (tertiary/aromatic N) is 1. The molecule has 0 radical (unpaired) electrons. The molecule has 1 atom stereocenters. The van der Waals surface area contributed by atoms with Gasteiger partial charge in [0.2, 0.25) is 0 Å². The second-order valence-corrected chi connectivity index (χ2v) is 4.83. The van der Waals surface area contributed by atoms with E-state index in [1.165, 1.54) is 4.88 Å². The molecular weight excluding hydrogens is 196 g/mol. The van der Waals surface area contributed by atoms with Crippen LogP contribution >= 0.6 is 11.3 Å². The highest BCUT2D eigenvalue weighted by Gasteiger charge is 2.21. The Balaban J connectivity index is 2.14. The molecule has 0 spiro atoms. The van der Waals surface area contributed by atoms with E-state index >= 15 is 0 Å². The number of hydrogen-bond acceptors (Lipinski definition) is 4. The number of aromatic nitrogens is 1. The second-order valence-electron chi connectivity index (χ2n) is 3.60. The SMILES string of the molecule is Cc1sc(C2CCCO2)nc1CCN. The highest BCUT2D eigenvalue weighted by molar-refractivity contribution is 7.11. The lowest BCUT2D eigenvalue weighted by Gasteiger charge is -2.03. The Morgan fingerprint density at radius 2 is 2.50 bits per heavy atom. The first kappa shape index (κ1) is 10.1. The molecule has 1 fully saturated rings. The van der Waals surface area contributed by atoms with Crippen LogP contribution in [0.15, 0.2) is 0 Å². The predicted molar refractivity (Wildman–Crippen MR) is 57.5 cm³/mol. The van der Waals surface area contributed by atoms with Gasteiger partial charge < -0.3 is 10.5 Å². The van der Waals surface area contributed by atoms with E-state index in [0.717, 1.165) is 36.6 Å². The van der Waals surface area contributed by atoms with Crippen LogP contribution in [0.5, 0.6) is 0 Å². The van der Waals surface area contributed by atoms with E-state index in [9.17, 15) is 0 Å². The summed E-state index contributed by atoms with van der Waals surface area (Å²) in [5.41, 5.74) is 6.68. The minimum atomic E-state index is 0.255. The maximum Gasteiger partial charge on any atom is 0.122 e. The normalized spacial score (nSPS) is 21.7. The summed E-state index contributed by atoms with van der Waals surface area (Å²) in [6.45, 7) is 3.67. The summed E-state index contributed by atoms with van der Waals surface area (Å²) in [6.07, 6.45) is 3.42. The van der Waals surface area contributed by atoms with Crippen LogP contribution in [0.4, 0.5) is 0 Å². The Kier molecular flexibility index (Phi) is 3.15. The van der Waals surface area contributed by atoms with Crippen molar-refractivity contribution >= 4 is 11.3 Å². The van der Waals surface area contributed by atoms with E-state index < -0.39 is 0 Å². The van der Waals surface area contributed by atoms with Gasteiger partial charge in [0.1, 0.15) is 11.1 Å². The topological polar surface area (TPSA) is 48.1 Å². The third kappa shape index (κ3) is 1.97. The van der Waals surface area contributed by atoms with Crippen molar-refractivity contribution in [1.29, 1.82) is 0 Å². The summed E-state index contributed by atoms with van der Waals surface area (Å²) in [6, 6.07) is 0. The molecule has 1 aromatic rings. The number of nitrogens with two attached hydrogens (primary N) is 1. The lowest BCUT2D eigenvalue weighted by Crippen LogP contribution is -2.04. The van der Waals surface area contributed by atoms with Gasteiger partial charge in [-0.05, 0) is 26.3 Å². The minimum absolute atomic E-state index is 0.255. The van der Waals surface area contributed by atoms with Crippen LogP contribution in [0, 0.1) is 6.92 Å². The number of ether oxygens (including phenoxy) is 1. The van der Waals surface area contributed by atoms with Gasteiger partial charge in [0.05, 0.1) is 5.69 Å². The van der Waals surface area contributed by atoms with Gasteiger partial charge >= 0.3 is 0 Å². The summed E-state index contributed by atoms with van der Waals surface area (Å²) in [7, 11) is 0. The van der Waals surface area contributed by atoms with Crippen molar-refractivity contribution in [2.24, 2.45) is 5.73 Å². The molecular formula is C10H16N2OS. The summed E-state index contributed by atoms with van der Waals surface area (Å²) in [4.78, 5) is 5.89. The van der Waals surface area contributed by atoms with Gasteiger partial charge in [-0.2, -0.15) is 0 Å². The Morgan fingerprint density at radius 1 is 1.64 bits per heavy atom. The molecule has 1 unspecified atom stereocenters. The molecule has 1 aliphatic rings. The average molecular weight is 212 g/mol. The summed E-state index contributed by atoms with van der Waals surface area (Å²) < 4.78 is 5.60. The monoisotopic (exact) mass is 212 g/mol. The fourth-order valence-electron chi connectivity index (χ4n) is 1.73. The first-order chi connectivity index (χ1) is 6.81. The highest BCUT2D eigenvalue weighted by atomic mass is 32.1. The van der Waals surface area contributed by atoms with E-state index in [4.69, 9.17) is 10.5 Å². The Labute approximate surface area is 88.3 Å². The number of thiazole rings is 1. The third-order valence-electron chi connectivity index (χ3n) is 2.50. The van der Waals surface area contributed by atoms with Crippen LogP contribution in [0.1, 0.15) is 34.5 Å². The first-order valence-corrected chi connectivity index (χ1v) is 5.91. The highest BCUT2D eigenvalue weighted by Crippen LogP contribution is 2.32. The number of aryl methyl sites for hydroxylation is 1. The second kappa shape index (κ2) is 4.38. The smallest absolute Gasteiger partial charge is 0.122 e. The van der Waals surface area contributed by atoms with Crippen molar-refractivity contribution < 1.29 is 4.74 Å². The van der Waals surface area contributed by atoms with E-state index in [1.807, 2.05) is 0 Å². The quantitative estimate of drug-likeness (QED) is 0.831. The fraction of sp³-hybridized carbons (Fsp3) is 0.700. The summed E-state index contributed by atoms with van der Waals surface area (Å²) >= 11 is 1.76. The molecule has 4 heteroatoms. The maximum atomic E-state index is 5.60. The van der Waals surface area contributed by atoms with E-state index in [0.29, 0.717) is 6.54 Å². The van der Waals surface area contributed by atoms with Crippen molar-refractivity contribution in [3.8, 4) is 0 Å². The minimum Gasteiger partial charge on any atom is -0.371 e. The Morgan fingerprint density at radius 3 is 3.14 bits per heavy atom. The predicted octanol–water partition coefficient (Wildman–Crippen LogP) is 1.80. The Bertz CT molecular complexity index is 305.